The van der Waals surface area contributed by atoms with E-state index in [-0.39, 0.29) is 0 Å². The highest BCUT2D eigenvalue weighted by Gasteiger charge is 2.39. The minimum atomic E-state index is 0.809. The first-order chi connectivity index (χ1) is 7.36. The van der Waals surface area contributed by atoms with Gasteiger partial charge in [0.25, 0.3) is 0 Å². The molecule has 0 unspecified atom stereocenters. The maximum absolute atomic E-state index is 2.42. The SMILES string of the molecule is CC/C=C(/CC)[C@@H]1C[C@H]1c1ccccc1. The van der Waals surface area contributed by atoms with Crippen molar-refractivity contribution in [2.75, 3.05) is 0 Å². The van der Waals surface area contributed by atoms with Crippen LogP contribution < -0.4 is 0 Å². The molecule has 1 aliphatic carbocycles. The topological polar surface area (TPSA) is 0 Å². The van der Waals surface area contributed by atoms with Crippen molar-refractivity contribution in [2.24, 2.45) is 5.92 Å². The molecule has 15 heavy (non-hydrogen) atoms. The van der Waals surface area contributed by atoms with Crippen molar-refractivity contribution in [1.82, 2.24) is 0 Å². The highest BCUT2D eigenvalue weighted by atomic mass is 14.4. The Kier molecular flexibility index (Phi) is 3.25. The lowest BCUT2D eigenvalue weighted by Gasteiger charge is -2.03. The summed E-state index contributed by atoms with van der Waals surface area (Å²) in [5.74, 6) is 1.65. The first kappa shape index (κ1) is 10.5. The second-order valence-corrected chi connectivity index (χ2v) is 4.40. The number of allylic oxidation sites excluding steroid dienone is 2. The van der Waals surface area contributed by atoms with E-state index < -0.39 is 0 Å². The Bertz CT molecular complexity index is 334. The first-order valence-electron chi connectivity index (χ1n) is 6.10. The van der Waals surface area contributed by atoms with Gasteiger partial charge >= 0.3 is 0 Å². The molecule has 80 valence electrons. The van der Waals surface area contributed by atoms with E-state index in [1.807, 2.05) is 0 Å². The van der Waals surface area contributed by atoms with Crippen molar-refractivity contribution in [3.8, 4) is 0 Å². The third kappa shape index (κ3) is 2.31. The van der Waals surface area contributed by atoms with E-state index in [1.165, 1.54) is 24.8 Å². The van der Waals surface area contributed by atoms with Gasteiger partial charge in [-0.25, -0.2) is 0 Å². The van der Waals surface area contributed by atoms with Crippen LogP contribution >= 0.6 is 0 Å². The molecule has 1 aromatic rings. The van der Waals surface area contributed by atoms with Crippen molar-refractivity contribution in [2.45, 2.75) is 39.0 Å². The second kappa shape index (κ2) is 4.65. The van der Waals surface area contributed by atoms with E-state index in [4.69, 9.17) is 0 Å². The summed E-state index contributed by atoms with van der Waals surface area (Å²) in [5.41, 5.74) is 3.20. The molecule has 1 fully saturated rings. The van der Waals surface area contributed by atoms with Gasteiger partial charge in [-0.15, -0.1) is 0 Å². The van der Waals surface area contributed by atoms with Crippen LogP contribution in [-0.2, 0) is 0 Å². The summed E-state index contributed by atoms with van der Waals surface area (Å²) in [4.78, 5) is 0. The lowest BCUT2D eigenvalue weighted by atomic mass is 10.0. The quantitative estimate of drug-likeness (QED) is 0.626. The number of hydrogen-bond acceptors (Lipinski definition) is 0. The summed E-state index contributed by atoms with van der Waals surface area (Å²) in [6, 6.07) is 10.9. The molecule has 1 saturated carbocycles. The summed E-state index contributed by atoms with van der Waals surface area (Å²) >= 11 is 0. The number of rotatable bonds is 4. The zero-order valence-corrected chi connectivity index (χ0v) is 9.74. The van der Waals surface area contributed by atoms with E-state index in [1.54, 1.807) is 5.57 Å². The average molecular weight is 200 g/mol. The van der Waals surface area contributed by atoms with Gasteiger partial charge in [-0.1, -0.05) is 55.8 Å². The van der Waals surface area contributed by atoms with Gasteiger partial charge in [-0.2, -0.15) is 0 Å². The molecule has 2 atom stereocenters. The summed E-state index contributed by atoms with van der Waals surface area (Å²) in [6.07, 6.45) is 6.19. The van der Waals surface area contributed by atoms with Crippen molar-refractivity contribution >= 4 is 0 Å². The van der Waals surface area contributed by atoms with Gasteiger partial charge in [0.15, 0.2) is 0 Å². The molecule has 0 heterocycles. The van der Waals surface area contributed by atoms with Crippen LogP contribution in [0.2, 0.25) is 0 Å². The fourth-order valence-electron chi connectivity index (χ4n) is 2.49. The van der Waals surface area contributed by atoms with Crippen LogP contribution in [0.4, 0.5) is 0 Å². The summed E-state index contributed by atoms with van der Waals surface area (Å²) in [5, 5.41) is 0. The molecule has 0 saturated heterocycles. The molecule has 0 bridgehead atoms. The summed E-state index contributed by atoms with van der Waals surface area (Å²) in [7, 11) is 0. The minimum Gasteiger partial charge on any atom is -0.0853 e. The summed E-state index contributed by atoms with van der Waals surface area (Å²) < 4.78 is 0. The zero-order chi connectivity index (χ0) is 10.7. The Morgan fingerprint density at radius 3 is 2.60 bits per heavy atom. The van der Waals surface area contributed by atoms with E-state index in [2.05, 4.69) is 50.3 Å². The zero-order valence-electron chi connectivity index (χ0n) is 9.74. The smallest absolute Gasteiger partial charge is 0.00902 e. The van der Waals surface area contributed by atoms with Crippen molar-refractivity contribution in [1.29, 1.82) is 0 Å². The van der Waals surface area contributed by atoms with Gasteiger partial charge in [0.05, 0.1) is 0 Å². The lowest BCUT2D eigenvalue weighted by molar-refractivity contribution is 0.860. The molecule has 1 aromatic carbocycles. The molecule has 0 aliphatic heterocycles. The third-order valence-electron chi connectivity index (χ3n) is 3.37. The lowest BCUT2D eigenvalue weighted by Crippen LogP contribution is -1.88. The van der Waals surface area contributed by atoms with Gasteiger partial charge in [-0.3, -0.25) is 0 Å². The molecule has 0 amide bonds. The maximum Gasteiger partial charge on any atom is -0.00902 e. The fourth-order valence-corrected chi connectivity index (χ4v) is 2.49. The predicted molar refractivity (Wildman–Crippen MR) is 66.0 cm³/mol. The Labute approximate surface area is 93.0 Å². The van der Waals surface area contributed by atoms with E-state index in [0.717, 1.165) is 11.8 Å². The molecule has 0 spiro atoms. The molecule has 0 nitrogen and oxygen atoms in total. The van der Waals surface area contributed by atoms with E-state index in [9.17, 15) is 0 Å². The Balaban J connectivity index is 2.04. The Hall–Kier alpha value is -1.04. The van der Waals surface area contributed by atoms with E-state index in [0.29, 0.717) is 0 Å². The van der Waals surface area contributed by atoms with E-state index >= 15 is 0 Å². The fraction of sp³-hybridized carbons (Fsp3) is 0.467. The van der Waals surface area contributed by atoms with Crippen LogP contribution in [0.15, 0.2) is 42.0 Å². The van der Waals surface area contributed by atoms with Gasteiger partial charge in [0.1, 0.15) is 0 Å². The Morgan fingerprint density at radius 2 is 2.00 bits per heavy atom. The van der Waals surface area contributed by atoms with Crippen LogP contribution in [0.5, 0.6) is 0 Å². The van der Waals surface area contributed by atoms with Crippen LogP contribution in [0.25, 0.3) is 0 Å². The van der Waals surface area contributed by atoms with Gasteiger partial charge in [0, 0.05) is 0 Å². The van der Waals surface area contributed by atoms with Gasteiger partial charge < -0.3 is 0 Å². The highest BCUT2D eigenvalue weighted by Crippen LogP contribution is 2.52. The largest absolute Gasteiger partial charge is 0.0853 e. The maximum atomic E-state index is 2.42. The normalized spacial score (nSPS) is 25.3. The van der Waals surface area contributed by atoms with Crippen LogP contribution in [0, 0.1) is 5.92 Å². The first-order valence-corrected chi connectivity index (χ1v) is 6.10. The monoisotopic (exact) mass is 200 g/mol. The molecule has 0 radical (unpaired) electrons. The highest BCUT2D eigenvalue weighted by molar-refractivity contribution is 5.31. The van der Waals surface area contributed by atoms with Gasteiger partial charge in [-0.05, 0) is 36.7 Å². The standard InChI is InChI=1S/C15H20/c1-3-8-12(4-2)14-11-15(14)13-9-6-5-7-10-13/h5-10,14-15H,3-4,11H2,1-2H3/b12-8-/t14-,15-/m0/s1. The average Bonchev–Trinajstić information content (AvgIpc) is 3.07. The molecular weight excluding hydrogens is 180 g/mol. The van der Waals surface area contributed by atoms with Crippen LogP contribution in [0.1, 0.15) is 44.6 Å². The molecule has 2 rings (SSSR count). The molecule has 0 aromatic heterocycles. The molecule has 0 heteroatoms. The Morgan fingerprint density at radius 1 is 1.27 bits per heavy atom. The van der Waals surface area contributed by atoms with Crippen molar-refractivity contribution in [3.05, 3.63) is 47.5 Å². The summed E-state index contributed by atoms with van der Waals surface area (Å²) in [6.45, 7) is 4.51. The number of hydrogen-bond donors (Lipinski definition) is 0. The van der Waals surface area contributed by atoms with Crippen molar-refractivity contribution < 1.29 is 0 Å². The number of benzene rings is 1. The molecule has 1 aliphatic rings. The van der Waals surface area contributed by atoms with Crippen LogP contribution in [-0.4, -0.2) is 0 Å². The van der Waals surface area contributed by atoms with Gasteiger partial charge in [0.2, 0.25) is 0 Å². The third-order valence-corrected chi connectivity index (χ3v) is 3.37. The molecular formula is C15H20. The molecule has 0 N–H and O–H groups in total. The minimum absolute atomic E-state index is 0.809. The van der Waals surface area contributed by atoms with Crippen LogP contribution in [0.3, 0.4) is 0 Å². The van der Waals surface area contributed by atoms with Crippen molar-refractivity contribution in [3.63, 3.8) is 0 Å². The second-order valence-electron chi connectivity index (χ2n) is 4.40. The predicted octanol–water partition coefficient (Wildman–Crippen LogP) is 4.54.